The summed E-state index contributed by atoms with van der Waals surface area (Å²) < 4.78 is 5.77. The Morgan fingerprint density at radius 3 is 2.35 bits per heavy atom. The van der Waals surface area contributed by atoms with Gasteiger partial charge in [-0.1, -0.05) is 26.7 Å². The summed E-state index contributed by atoms with van der Waals surface area (Å²) in [5.41, 5.74) is 0.479. The molecule has 2 rings (SSSR count). The third-order valence-electron chi connectivity index (χ3n) is 5.41. The molecular formula is C16H30N2O2. The summed E-state index contributed by atoms with van der Waals surface area (Å²) in [7, 11) is 0. The van der Waals surface area contributed by atoms with Crippen LogP contribution >= 0.6 is 0 Å². The molecule has 1 N–H and O–H groups in total. The van der Waals surface area contributed by atoms with Crippen LogP contribution < -0.4 is 5.32 Å². The van der Waals surface area contributed by atoms with Gasteiger partial charge in [-0.2, -0.15) is 0 Å². The molecule has 2 aliphatic heterocycles. The summed E-state index contributed by atoms with van der Waals surface area (Å²) in [5.74, 6) is 0.185. The molecule has 2 heterocycles. The summed E-state index contributed by atoms with van der Waals surface area (Å²) in [4.78, 5) is 14.2. The molecular weight excluding hydrogens is 252 g/mol. The van der Waals surface area contributed by atoms with Crippen molar-refractivity contribution in [1.29, 1.82) is 0 Å². The van der Waals surface area contributed by atoms with Crippen LogP contribution in [0.3, 0.4) is 0 Å². The van der Waals surface area contributed by atoms with E-state index in [9.17, 15) is 4.79 Å². The van der Waals surface area contributed by atoms with Gasteiger partial charge in [-0.25, -0.2) is 0 Å². The number of carbonyl (C=O) groups excluding carboxylic acids is 1. The molecule has 0 aromatic rings. The molecule has 4 heteroatoms. The Balaban J connectivity index is 1.71. The van der Waals surface area contributed by atoms with E-state index < -0.39 is 0 Å². The van der Waals surface area contributed by atoms with Gasteiger partial charge >= 0.3 is 0 Å². The van der Waals surface area contributed by atoms with Crippen molar-refractivity contribution in [2.75, 3.05) is 32.8 Å². The van der Waals surface area contributed by atoms with Gasteiger partial charge in [-0.3, -0.25) is 4.79 Å². The molecule has 1 amide bonds. The minimum absolute atomic E-state index is 0.185. The molecule has 2 fully saturated rings. The predicted molar refractivity (Wildman–Crippen MR) is 80.7 cm³/mol. The van der Waals surface area contributed by atoms with Gasteiger partial charge in [0.25, 0.3) is 0 Å². The van der Waals surface area contributed by atoms with Crippen LogP contribution in [-0.2, 0) is 9.53 Å². The minimum atomic E-state index is 0.185. The number of rotatable bonds is 5. The van der Waals surface area contributed by atoms with E-state index in [0.717, 1.165) is 51.9 Å². The van der Waals surface area contributed by atoms with E-state index in [1.807, 2.05) is 4.90 Å². The van der Waals surface area contributed by atoms with Crippen molar-refractivity contribution in [2.45, 2.75) is 58.5 Å². The van der Waals surface area contributed by atoms with Crippen molar-refractivity contribution < 1.29 is 9.53 Å². The lowest BCUT2D eigenvalue weighted by Gasteiger charge is -2.41. The SMILES string of the molecule is CCC1(CC)CCN(C(=O)COC2CCNCC2)CC1. The van der Waals surface area contributed by atoms with Crippen LogP contribution in [0.4, 0.5) is 0 Å². The molecule has 2 aliphatic rings. The first kappa shape index (κ1) is 15.8. The van der Waals surface area contributed by atoms with E-state index in [2.05, 4.69) is 19.2 Å². The van der Waals surface area contributed by atoms with Gasteiger partial charge in [0.1, 0.15) is 6.61 Å². The number of carbonyl (C=O) groups is 1. The molecule has 0 aliphatic carbocycles. The number of hydrogen-bond donors (Lipinski definition) is 1. The fourth-order valence-corrected chi connectivity index (χ4v) is 3.43. The van der Waals surface area contributed by atoms with E-state index in [0.29, 0.717) is 5.41 Å². The highest BCUT2D eigenvalue weighted by Gasteiger charge is 2.32. The van der Waals surface area contributed by atoms with Crippen molar-refractivity contribution in [3.63, 3.8) is 0 Å². The lowest BCUT2D eigenvalue weighted by Crippen LogP contribution is -2.45. The molecule has 0 unspecified atom stereocenters. The molecule has 0 saturated carbocycles. The Morgan fingerprint density at radius 2 is 1.80 bits per heavy atom. The van der Waals surface area contributed by atoms with Crippen LogP contribution in [0.5, 0.6) is 0 Å². The van der Waals surface area contributed by atoms with Gasteiger partial charge in [-0.05, 0) is 44.2 Å². The summed E-state index contributed by atoms with van der Waals surface area (Å²) >= 11 is 0. The molecule has 0 spiro atoms. The second-order valence-electron chi connectivity index (χ2n) is 6.35. The van der Waals surface area contributed by atoms with Crippen molar-refractivity contribution in [3.8, 4) is 0 Å². The number of likely N-dealkylation sites (tertiary alicyclic amines) is 1. The average molecular weight is 282 g/mol. The van der Waals surface area contributed by atoms with Crippen LogP contribution in [0.15, 0.2) is 0 Å². The number of ether oxygens (including phenoxy) is 1. The molecule has 0 aromatic carbocycles. The quantitative estimate of drug-likeness (QED) is 0.840. The first-order chi connectivity index (χ1) is 9.69. The average Bonchev–Trinajstić information content (AvgIpc) is 2.53. The van der Waals surface area contributed by atoms with Crippen LogP contribution in [0, 0.1) is 5.41 Å². The van der Waals surface area contributed by atoms with E-state index in [1.54, 1.807) is 0 Å². The van der Waals surface area contributed by atoms with Crippen LogP contribution in [0.2, 0.25) is 0 Å². The number of nitrogens with zero attached hydrogens (tertiary/aromatic N) is 1. The normalized spacial score (nSPS) is 23.8. The number of amides is 1. The lowest BCUT2D eigenvalue weighted by molar-refractivity contribution is -0.141. The van der Waals surface area contributed by atoms with Gasteiger partial charge in [-0.15, -0.1) is 0 Å². The first-order valence-corrected chi connectivity index (χ1v) is 8.29. The zero-order chi connectivity index (χ0) is 14.4. The number of hydrogen-bond acceptors (Lipinski definition) is 3. The molecule has 0 radical (unpaired) electrons. The third kappa shape index (κ3) is 3.95. The zero-order valence-corrected chi connectivity index (χ0v) is 13.1. The van der Waals surface area contributed by atoms with Crippen molar-refractivity contribution in [2.24, 2.45) is 5.41 Å². The monoisotopic (exact) mass is 282 g/mol. The van der Waals surface area contributed by atoms with Crippen LogP contribution in [0.1, 0.15) is 52.4 Å². The van der Waals surface area contributed by atoms with Crippen molar-refractivity contribution >= 4 is 5.91 Å². The Bertz CT molecular complexity index is 300. The third-order valence-corrected chi connectivity index (χ3v) is 5.41. The number of piperidine rings is 2. The topological polar surface area (TPSA) is 41.6 Å². The molecule has 0 aromatic heterocycles. The first-order valence-electron chi connectivity index (χ1n) is 8.29. The van der Waals surface area contributed by atoms with E-state index in [-0.39, 0.29) is 18.6 Å². The maximum absolute atomic E-state index is 12.2. The van der Waals surface area contributed by atoms with Crippen LogP contribution in [0.25, 0.3) is 0 Å². The highest BCUT2D eigenvalue weighted by Crippen LogP contribution is 2.37. The maximum Gasteiger partial charge on any atom is 0.248 e. The largest absolute Gasteiger partial charge is 0.368 e. The molecule has 20 heavy (non-hydrogen) atoms. The Labute approximate surface area is 123 Å². The highest BCUT2D eigenvalue weighted by molar-refractivity contribution is 5.77. The molecule has 2 saturated heterocycles. The lowest BCUT2D eigenvalue weighted by atomic mass is 9.74. The Hall–Kier alpha value is -0.610. The molecule has 0 bridgehead atoms. The summed E-state index contributed by atoms with van der Waals surface area (Å²) in [6.07, 6.45) is 7.10. The summed E-state index contributed by atoms with van der Waals surface area (Å²) in [6.45, 7) is 8.68. The van der Waals surface area contributed by atoms with Gasteiger partial charge in [0.15, 0.2) is 0 Å². The van der Waals surface area contributed by atoms with Gasteiger partial charge in [0.2, 0.25) is 5.91 Å². The highest BCUT2D eigenvalue weighted by atomic mass is 16.5. The predicted octanol–water partition coefficient (Wildman–Crippen LogP) is 2.18. The minimum Gasteiger partial charge on any atom is -0.368 e. The van der Waals surface area contributed by atoms with Gasteiger partial charge < -0.3 is 15.0 Å². The Kier molecular flexibility index (Phi) is 5.85. The zero-order valence-electron chi connectivity index (χ0n) is 13.1. The van der Waals surface area contributed by atoms with Crippen LogP contribution in [-0.4, -0.2) is 49.7 Å². The fraction of sp³-hybridized carbons (Fsp3) is 0.938. The summed E-state index contributed by atoms with van der Waals surface area (Å²) in [5, 5.41) is 3.31. The fourth-order valence-electron chi connectivity index (χ4n) is 3.43. The second-order valence-corrected chi connectivity index (χ2v) is 6.35. The van der Waals surface area contributed by atoms with E-state index in [4.69, 9.17) is 4.74 Å². The smallest absolute Gasteiger partial charge is 0.248 e. The molecule has 116 valence electrons. The van der Waals surface area contributed by atoms with Crippen molar-refractivity contribution in [1.82, 2.24) is 10.2 Å². The molecule has 4 nitrogen and oxygen atoms in total. The van der Waals surface area contributed by atoms with Gasteiger partial charge in [0.05, 0.1) is 6.10 Å². The van der Waals surface area contributed by atoms with E-state index in [1.165, 1.54) is 12.8 Å². The number of nitrogens with one attached hydrogen (secondary N) is 1. The standard InChI is InChI=1S/C16H30N2O2/c1-3-16(4-2)7-11-18(12-8-16)15(19)13-20-14-5-9-17-10-6-14/h14,17H,3-13H2,1-2H3. The molecule has 0 atom stereocenters. The van der Waals surface area contributed by atoms with Gasteiger partial charge in [0, 0.05) is 13.1 Å². The summed E-state index contributed by atoms with van der Waals surface area (Å²) in [6, 6.07) is 0. The Morgan fingerprint density at radius 1 is 1.20 bits per heavy atom. The van der Waals surface area contributed by atoms with Crippen molar-refractivity contribution in [3.05, 3.63) is 0 Å². The second kappa shape index (κ2) is 7.41. The van der Waals surface area contributed by atoms with E-state index >= 15 is 0 Å². The maximum atomic E-state index is 12.2.